The molecule has 1 aliphatic rings. The number of hydrazone groups is 1. The summed E-state index contributed by atoms with van der Waals surface area (Å²) in [5.41, 5.74) is 0.523. The average Bonchev–Trinajstić information content (AvgIpc) is 2.19. The van der Waals surface area contributed by atoms with Gasteiger partial charge in [-0.25, -0.2) is 0 Å². The van der Waals surface area contributed by atoms with Crippen molar-refractivity contribution in [2.45, 2.75) is 6.42 Å². The second-order valence-corrected chi connectivity index (χ2v) is 1.18. The Morgan fingerprint density at radius 2 is 2.33 bits per heavy atom. The molecule has 32 valence electrons. The highest BCUT2D eigenvalue weighted by molar-refractivity contribution is 6.60. The van der Waals surface area contributed by atoms with Crippen molar-refractivity contribution in [1.29, 1.82) is 0 Å². The van der Waals surface area contributed by atoms with Gasteiger partial charge in [-0.1, -0.05) is 0 Å². The molecule has 0 bridgehead atoms. The van der Waals surface area contributed by atoms with E-state index < -0.39 is 0 Å². The lowest BCUT2D eigenvalue weighted by molar-refractivity contribution is -0.107. The first-order valence-electron chi connectivity index (χ1n) is 1.64. The molecule has 6 heavy (non-hydrogen) atoms. The van der Waals surface area contributed by atoms with E-state index in [0.29, 0.717) is 12.1 Å². The van der Waals surface area contributed by atoms with E-state index >= 15 is 0 Å². The SMILES string of the molecule is NN=C1CC1=O. The minimum atomic E-state index is 0.0810. The maximum absolute atomic E-state index is 9.91. The quantitative estimate of drug-likeness (QED) is 0.311. The van der Waals surface area contributed by atoms with Crippen LogP contribution in [0.1, 0.15) is 6.42 Å². The van der Waals surface area contributed by atoms with Crippen molar-refractivity contribution in [1.82, 2.24) is 0 Å². The van der Waals surface area contributed by atoms with Gasteiger partial charge in [-0.05, 0) is 0 Å². The number of carbonyl (C=O) groups excluding carboxylic acids is 1. The van der Waals surface area contributed by atoms with Crippen LogP contribution in [0, 0.1) is 0 Å². The third-order valence-electron chi connectivity index (χ3n) is 0.681. The van der Waals surface area contributed by atoms with E-state index in [1.54, 1.807) is 0 Å². The third-order valence-corrected chi connectivity index (χ3v) is 0.681. The maximum Gasteiger partial charge on any atom is 0.185 e. The minimum Gasteiger partial charge on any atom is -0.323 e. The van der Waals surface area contributed by atoms with Crippen LogP contribution in [0.25, 0.3) is 0 Å². The van der Waals surface area contributed by atoms with Crippen LogP contribution < -0.4 is 5.84 Å². The zero-order valence-electron chi connectivity index (χ0n) is 3.14. The molecular weight excluding hydrogens is 80.0 g/mol. The molecule has 0 atom stereocenters. The van der Waals surface area contributed by atoms with Gasteiger partial charge in [0.25, 0.3) is 0 Å². The Balaban J connectivity index is 2.67. The van der Waals surface area contributed by atoms with Crippen LogP contribution in [0.4, 0.5) is 0 Å². The summed E-state index contributed by atoms with van der Waals surface area (Å²) in [6.45, 7) is 0. The second kappa shape index (κ2) is 0.801. The number of Topliss-reactive ketones (excluding diaryl/α,β-unsaturated/α-hetero) is 1. The Labute approximate surface area is 34.8 Å². The molecule has 0 aromatic rings. The number of nitrogens with two attached hydrogens (primary N) is 1. The molecule has 0 radical (unpaired) electrons. The number of rotatable bonds is 0. The van der Waals surface area contributed by atoms with E-state index in [0.717, 1.165) is 0 Å². The molecule has 0 heterocycles. The Morgan fingerprint density at radius 3 is 2.33 bits per heavy atom. The molecule has 1 saturated carbocycles. The van der Waals surface area contributed by atoms with E-state index in [2.05, 4.69) is 5.10 Å². The summed E-state index contributed by atoms with van der Waals surface area (Å²) >= 11 is 0. The zero-order chi connectivity index (χ0) is 4.57. The molecule has 1 rings (SSSR count). The van der Waals surface area contributed by atoms with Crippen LogP contribution in [0.2, 0.25) is 0 Å². The second-order valence-electron chi connectivity index (χ2n) is 1.18. The Bertz CT molecular complexity index is 116. The van der Waals surface area contributed by atoms with E-state index in [1.807, 2.05) is 0 Å². The molecule has 1 fully saturated rings. The number of hydrogen-bond acceptors (Lipinski definition) is 3. The van der Waals surface area contributed by atoms with Crippen molar-refractivity contribution in [3.63, 3.8) is 0 Å². The van der Waals surface area contributed by atoms with Gasteiger partial charge in [0.05, 0.1) is 6.42 Å². The highest BCUT2D eigenvalue weighted by Gasteiger charge is 2.27. The summed E-state index contributed by atoms with van der Waals surface area (Å²) in [5, 5.41) is 3.15. The molecule has 0 aliphatic heterocycles. The lowest BCUT2D eigenvalue weighted by atomic mass is 10.9. The minimum absolute atomic E-state index is 0.0810. The fourth-order valence-electron chi connectivity index (χ4n) is 0.226. The van der Waals surface area contributed by atoms with Crippen molar-refractivity contribution in [2.75, 3.05) is 0 Å². The van der Waals surface area contributed by atoms with Gasteiger partial charge in [-0.3, -0.25) is 4.79 Å². The van der Waals surface area contributed by atoms with Crippen molar-refractivity contribution in [3.05, 3.63) is 0 Å². The molecule has 0 saturated heterocycles. The predicted octanol–water partition coefficient (Wildman–Crippen LogP) is -0.726. The van der Waals surface area contributed by atoms with Gasteiger partial charge in [0.15, 0.2) is 5.78 Å². The highest BCUT2D eigenvalue weighted by Crippen LogP contribution is 2.05. The van der Waals surface area contributed by atoms with Crippen molar-refractivity contribution in [3.8, 4) is 0 Å². The van der Waals surface area contributed by atoms with E-state index in [9.17, 15) is 4.79 Å². The van der Waals surface area contributed by atoms with E-state index in [4.69, 9.17) is 5.84 Å². The molecule has 1 aliphatic carbocycles. The van der Waals surface area contributed by atoms with Gasteiger partial charge in [0, 0.05) is 0 Å². The Morgan fingerprint density at radius 1 is 1.83 bits per heavy atom. The van der Waals surface area contributed by atoms with Crippen LogP contribution in [0.15, 0.2) is 5.10 Å². The van der Waals surface area contributed by atoms with Crippen LogP contribution in [0.3, 0.4) is 0 Å². The lowest BCUT2D eigenvalue weighted by Crippen LogP contribution is -1.81. The van der Waals surface area contributed by atoms with Crippen molar-refractivity contribution < 1.29 is 4.79 Å². The zero-order valence-corrected chi connectivity index (χ0v) is 3.14. The topological polar surface area (TPSA) is 55.4 Å². The lowest BCUT2D eigenvalue weighted by Gasteiger charge is -1.57. The monoisotopic (exact) mass is 84.0 g/mol. The van der Waals surface area contributed by atoms with Crippen molar-refractivity contribution >= 4 is 11.5 Å². The maximum atomic E-state index is 9.91. The van der Waals surface area contributed by atoms with Gasteiger partial charge in [0.1, 0.15) is 5.71 Å². The first-order valence-corrected chi connectivity index (χ1v) is 1.64. The van der Waals surface area contributed by atoms with Crippen LogP contribution >= 0.6 is 0 Å². The molecule has 3 nitrogen and oxygen atoms in total. The summed E-state index contributed by atoms with van der Waals surface area (Å²) in [6.07, 6.45) is 0.483. The summed E-state index contributed by atoms with van der Waals surface area (Å²) in [5.74, 6) is 4.77. The molecule has 0 spiro atoms. The standard InChI is InChI=1S/C3H4N2O/c4-5-2-1-3(2)6/h1,4H2. The normalized spacial score (nSPS) is 25.3. The molecule has 0 amide bonds. The number of ketones is 1. The van der Waals surface area contributed by atoms with Gasteiger partial charge >= 0.3 is 0 Å². The predicted molar refractivity (Wildman–Crippen MR) is 21.2 cm³/mol. The van der Waals surface area contributed by atoms with Crippen molar-refractivity contribution in [2.24, 2.45) is 10.9 Å². The summed E-state index contributed by atoms with van der Waals surface area (Å²) in [7, 11) is 0. The van der Waals surface area contributed by atoms with Gasteiger partial charge < -0.3 is 5.84 Å². The summed E-state index contributed by atoms with van der Waals surface area (Å²) in [6, 6.07) is 0. The molecular formula is C3H4N2O. The first-order chi connectivity index (χ1) is 2.84. The fraction of sp³-hybridized carbons (Fsp3) is 0.333. The van der Waals surface area contributed by atoms with Crippen LogP contribution in [-0.2, 0) is 4.79 Å². The molecule has 3 heteroatoms. The summed E-state index contributed by atoms with van der Waals surface area (Å²) < 4.78 is 0. The third kappa shape index (κ3) is 0.282. The number of nitrogens with zero attached hydrogens (tertiary/aromatic N) is 1. The van der Waals surface area contributed by atoms with Gasteiger partial charge in [0.2, 0.25) is 0 Å². The van der Waals surface area contributed by atoms with Gasteiger partial charge in [-0.2, -0.15) is 5.10 Å². The number of carbonyl (C=O) groups is 1. The summed E-state index contributed by atoms with van der Waals surface area (Å²) in [4.78, 5) is 9.91. The number of hydrogen-bond donors (Lipinski definition) is 1. The Hall–Kier alpha value is -0.860. The van der Waals surface area contributed by atoms with Gasteiger partial charge in [-0.15, -0.1) is 0 Å². The van der Waals surface area contributed by atoms with E-state index in [1.165, 1.54) is 0 Å². The molecule has 0 unspecified atom stereocenters. The largest absolute Gasteiger partial charge is 0.323 e. The fourth-order valence-corrected chi connectivity index (χ4v) is 0.226. The Kier molecular flexibility index (Phi) is 0.445. The molecule has 0 aromatic carbocycles. The van der Waals surface area contributed by atoms with E-state index in [-0.39, 0.29) is 5.78 Å². The van der Waals surface area contributed by atoms with Crippen LogP contribution in [-0.4, -0.2) is 11.5 Å². The average molecular weight is 84.1 g/mol. The first kappa shape index (κ1) is 3.33. The molecule has 2 N–H and O–H groups in total. The van der Waals surface area contributed by atoms with Crippen LogP contribution in [0.5, 0.6) is 0 Å². The highest BCUT2D eigenvalue weighted by atomic mass is 16.1. The smallest absolute Gasteiger partial charge is 0.185 e. The molecule has 0 aromatic heterocycles.